The molecule has 1 amide bonds. The lowest BCUT2D eigenvalue weighted by molar-refractivity contribution is -0.118. The van der Waals surface area contributed by atoms with E-state index in [9.17, 15) is 14.0 Å². The second-order valence-corrected chi connectivity index (χ2v) is 8.35. The molecule has 0 saturated heterocycles. The highest BCUT2D eigenvalue weighted by Crippen LogP contribution is 2.42. The van der Waals surface area contributed by atoms with Crippen LogP contribution in [-0.4, -0.2) is 22.2 Å². The Morgan fingerprint density at radius 2 is 1.74 bits per heavy atom. The predicted octanol–water partition coefficient (Wildman–Crippen LogP) is 4.65. The number of nitrogens with zero attached hydrogens (tertiary/aromatic N) is 2. The van der Waals surface area contributed by atoms with Crippen molar-refractivity contribution in [3.05, 3.63) is 94.8 Å². The highest BCUT2D eigenvalue weighted by Gasteiger charge is 2.35. The molecule has 0 spiro atoms. The van der Waals surface area contributed by atoms with E-state index < -0.39 is 11.2 Å². The van der Waals surface area contributed by atoms with Crippen LogP contribution in [0.15, 0.2) is 71.6 Å². The maximum absolute atomic E-state index is 14.6. The Kier molecular flexibility index (Phi) is 5.74. The van der Waals surface area contributed by atoms with Crippen LogP contribution in [0.2, 0.25) is 0 Å². The van der Waals surface area contributed by atoms with Crippen molar-refractivity contribution >= 4 is 29.3 Å². The van der Waals surface area contributed by atoms with Gasteiger partial charge < -0.3 is 10.0 Å². The van der Waals surface area contributed by atoms with Crippen LogP contribution in [0.4, 0.5) is 10.1 Å². The molecule has 154 valence electrons. The Balaban J connectivity index is 1.64. The molecule has 0 bridgehead atoms. The Morgan fingerprint density at radius 3 is 2.39 bits per heavy atom. The SMILES string of the molecule is N#Cc1ccc(CN2C(=O)[C@@H](Cc3ccc(C(=O)O)cc3)Sc3c(F)cccc32)cc1. The fourth-order valence-corrected chi connectivity index (χ4v) is 4.74. The van der Waals surface area contributed by atoms with Crippen molar-refractivity contribution in [1.82, 2.24) is 0 Å². The number of carboxylic acid groups (broad SMARTS) is 1. The van der Waals surface area contributed by atoms with Crippen molar-refractivity contribution in [1.29, 1.82) is 5.26 Å². The third-order valence-electron chi connectivity index (χ3n) is 5.08. The average Bonchev–Trinajstić information content (AvgIpc) is 2.78. The number of carboxylic acids is 1. The van der Waals surface area contributed by atoms with Gasteiger partial charge in [0.25, 0.3) is 0 Å². The van der Waals surface area contributed by atoms with Crippen molar-refractivity contribution in [2.45, 2.75) is 23.1 Å². The number of benzene rings is 3. The fraction of sp³-hybridized carbons (Fsp3) is 0.125. The number of anilines is 1. The summed E-state index contributed by atoms with van der Waals surface area (Å²) in [6.07, 6.45) is 0.348. The van der Waals surface area contributed by atoms with Gasteiger partial charge >= 0.3 is 5.97 Å². The average molecular weight is 432 g/mol. The highest BCUT2D eigenvalue weighted by molar-refractivity contribution is 8.01. The minimum atomic E-state index is -1.01. The van der Waals surface area contributed by atoms with E-state index in [0.29, 0.717) is 22.6 Å². The van der Waals surface area contributed by atoms with Gasteiger partial charge in [-0.1, -0.05) is 30.3 Å². The molecule has 5 nitrogen and oxygen atoms in total. The van der Waals surface area contributed by atoms with Gasteiger partial charge in [0.1, 0.15) is 5.82 Å². The third kappa shape index (κ3) is 4.30. The van der Waals surface area contributed by atoms with E-state index in [1.54, 1.807) is 53.4 Å². The lowest BCUT2D eigenvalue weighted by Crippen LogP contribution is -2.41. The Bertz CT molecular complexity index is 1190. The molecule has 31 heavy (non-hydrogen) atoms. The number of thioether (sulfide) groups is 1. The quantitative estimate of drug-likeness (QED) is 0.635. The van der Waals surface area contributed by atoms with E-state index in [1.807, 2.05) is 0 Å². The van der Waals surface area contributed by atoms with E-state index in [1.165, 1.54) is 30.0 Å². The summed E-state index contributed by atoms with van der Waals surface area (Å²) in [5.74, 6) is -1.54. The second-order valence-electron chi connectivity index (χ2n) is 7.13. The van der Waals surface area contributed by atoms with Gasteiger partial charge in [0.15, 0.2) is 0 Å². The summed E-state index contributed by atoms with van der Waals surface area (Å²) in [7, 11) is 0. The van der Waals surface area contributed by atoms with Crippen LogP contribution in [0, 0.1) is 17.1 Å². The number of amides is 1. The monoisotopic (exact) mass is 432 g/mol. The van der Waals surface area contributed by atoms with Crippen LogP contribution in [0.3, 0.4) is 0 Å². The molecule has 7 heteroatoms. The van der Waals surface area contributed by atoms with Crippen LogP contribution >= 0.6 is 11.8 Å². The van der Waals surface area contributed by atoms with Gasteiger partial charge in [-0.3, -0.25) is 4.79 Å². The van der Waals surface area contributed by atoms with Gasteiger partial charge in [-0.05, 0) is 53.9 Å². The molecule has 0 unspecified atom stereocenters. The number of carbonyl (C=O) groups is 2. The molecule has 1 atom stereocenters. The number of hydrogen-bond donors (Lipinski definition) is 1. The van der Waals surface area contributed by atoms with Crippen LogP contribution in [-0.2, 0) is 17.8 Å². The predicted molar refractivity (Wildman–Crippen MR) is 115 cm³/mol. The normalized spacial score (nSPS) is 15.3. The molecule has 0 fully saturated rings. The summed E-state index contributed by atoms with van der Waals surface area (Å²) in [5.41, 5.74) is 2.86. The van der Waals surface area contributed by atoms with Gasteiger partial charge in [0.05, 0.1) is 39.6 Å². The molecule has 0 aliphatic carbocycles. The van der Waals surface area contributed by atoms with Crippen LogP contribution in [0.1, 0.15) is 27.0 Å². The summed E-state index contributed by atoms with van der Waals surface area (Å²) < 4.78 is 14.6. The topological polar surface area (TPSA) is 81.4 Å². The molecule has 3 aromatic rings. The molecule has 1 N–H and O–H groups in total. The molecule has 3 aromatic carbocycles. The lowest BCUT2D eigenvalue weighted by atomic mass is 10.1. The zero-order chi connectivity index (χ0) is 22.0. The summed E-state index contributed by atoms with van der Waals surface area (Å²) in [6, 6.07) is 20.0. The smallest absolute Gasteiger partial charge is 0.335 e. The largest absolute Gasteiger partial charge is 0.478 e. The molecular formula is C24H17FN2O3S. The van der Waals surface area contributed by atoms with Crippen LogP contribution < -0.4 is 4.90 Å². The first-order chi connectivity index (χ1) is 15.0. The first-order valence-corrected chi connectivity index (χ1v) is 10.4. The Labute approximate surface area is 182 Å². The van der Waals surface area contributed by atoms with Gasteiger partial charge in [0.2, 0.25) is 5.91 Å². The van der Waals surface area contributed by atoms with E-state index in [0.717, 1.165) is 11.1 Å². The molecule has 1 aliphatic rings. The molecule has 1 heterocycles. The summed E-state index contributed by atoms with van der Waals surface area (Å²) in [5, 5.41) is 17.5. The van der Waals surface area contributed by atoms with E-state index in [4.69, 9.17) is 10.4 Å². The first-order valence-electron chi connectivity index (χ1n) is 9.54. The number of aromatic carboxylic acids is 1. The number of nitriles is 1. The first kappa shape index (κ1) is 20.6. The molecule has 0 radical (unpaired) electrons. The van der Waals surface area contributed by atoms with Crippen molar-refractivity contribution in [3.8, 4) is 6.07 Å². The zero-order valence-corrected chi connectivity index (χ0v) is 17.1. The maximum atomic E-state index is 14.6. The minimum absolute atomic E-state index is 0.144. The van der Waals surface area contributed by atoms with Gasteiger partial charge in [-0.25, -0.2) is 9.18 Å². The molecule has 4 rings (SSSR count). The molecule has 1 aliphatic heterocycles. The second kappa shape index (κ2) is 8.62. The highest BCUT2D eigenvalue weighted by atomic mass is 32.2. The Morgan fingerprint density at radius 1 is 1.06 bits per heavy atom. The summed E-state index contributed by atoms with van der Waals surface area (Å²) in [6.45, 7) is 0.260. The van der Waals surface area contributed by atoms with Crippen molar-refractivity contribution in [2.24, 2.45) is 0 Å². The molecule has 0 saturated carbocycles. The van der Waals surface area contributed by atoms with E-state index in [-0.39, 0.29) is 23.8 Å². The number of rotatable bonds is 5. The zero-order valence-electron chi connectivity index (χ0n) is 16.3. The lowest BCUT2D eigenvalue weighted by Gasteiger charge is -2.34. The van der Waals surface area contributed by atoms with Crippen molar-refractivity contribution in [2.75, 3.05) is 4.90 Å². The fourth-order valence-electron chi connectivity index (χ4n) is 3.47. The van der Waals surface area contributed by atoms with Crippen molar-refractivity contribution < 1.29 is 19.1 Å². The number of fused-ring (bicyclic) bond motifs is 1. The summed E-state index contributed by atoms with van der Waals surface area (Å²) in [4.78, 5) is 26.4. The van der Waals surface area contributed by atoms with Crippen LogP contribution in [0.25, 0.3) is 0 Å². The van der Waals surface area contributed by atoms with E-state index in [2.05, 4.69) is 6.07 Å². The van der Waals surface area contributed by atoms with Crippen molar-refractivity contribution in [3.63, 3.8) is 0 Å². The minimum Gasteiger partial charge on any atom is -0.478 e. The molecule has 0 aromatic heterocycles. The van der Waals surface area contributed by atoms with Gasteiger partial charge in [0, 0.05) is 0 Å². The van der Waals surface area contributed by atoms with Crippen LogP contribution in [0.5, 0.6) is 0 Å². The van der Waals surface area contributed by atoms with Gasteiger partial charge in [-0.15, -0.1) is 11.8 Å². The van der Waals surface area contributed by atoms with E-state index >= 15 is 0 Å². The number of halogens is 1. The summed E-state index contributed by atoms with van der Waals surface area (Å²) >= 11 is 1.19. The molecular weight excluding hydrogens is 415 g/mol. The van der Waals surface area contributed by atoms with Gasteiger partial charge in [-0.2, -0.15) is 5.26 Å². The standard InChI is InChI=1S/C24H17FN2O3S/c25-19-2-1-3-20-22(19)31-21(12-15-8-10-18(11-9-15)24(29)30)23(28)27(20)14-17-6-4-16(13-26)5-7-17/h1-11,21H,12,14H2,(H,29,30)/t21-/m1/s1. The maximum Gasteiger partial charge on any atom is 0.335 e. The third-order valence-corrected chi connectivity index (χ3v) is 6.38. The number of hydrogen-bond acceptors (Lipinski definition) is 4. The Hall–Kier alpha value is -3.63. The number of carbonyl (C=O) groups excluding carboxylic acids is 1.